The summed E-state index contributed by atoms with van der Waals surface area (Å²) >= 11 is 0. The summed E-state index contributed by atoms with van der Waals surface area (Å²) in [7, 11) is 0. The van der Waals surface area contributed by atoms with Crippen molar-refractivity contribution in [3.63, 3.8) is 0 Å². The van der Waals surface area contributed by atoms with E-state index in [1.165, 1.54) is 12.1 Å². The summed E-state index contributed by atoms with van der Waals surface area (Å²) in [6, 6.07) is 9.96. The highest BCUT2D eigenvalue weighted by molar-refractivity contribution is 5.97. The Labute approximate surface area is 134 Å². The van der Waals surface area contributed by atoms with E-state index < -0.39 is 18.5 Å². The summed E-state index contributed by atoms with van der Waals surface area (Å²) in [6.07, 6.45) is 0. The van der Waals surface area contributed by atoms with Crippen molar-refractivity contribution in [1.29, 1.82) is 0 Å². The number of amides is 1. The van der Waals surface area contributed by atoms with E-state index in [0.29, 0.717) is 0 Å². The van der Waals surface area contributed by atoms with Gasteiger partial charge in [-0.2, -0.15) is 0 Å². The summed E-state index contributed by atoms with van der Waals surface area (Å²) in [6.45, 7) is 5.38. The largest absolute Gasteiger partial charge is 0.507 e. The van der Waals surface area contributed by atoms with E-state index in [-0.39, 0.29) is 11.3 Å². The van der Waals surface area contributed by atoms with E-state index in [1.807, 2.05) is 32.9 Å². The Morgan fingerprint density at radius 2 is 1.70 bits per heavy atom. The fourth-order valence-corrected chi connectivity index (χ4v) is 2.41. The number of phenols is 1. The number of hydrogen-bond acceptors (Lipinski definition) is 4. The van der Waals surface area contributed by atoms with E-state index >= 15 is 0 Å². The minimum atomic E-state index is -0.740. The van der Waals surface area contributed by atoms with Crippen LogP contribution in [0.3, 0.4) is 0 Å². The Balaban J connectivity index is 1.99. The zero-order valence-corrected chi connectivity index (χ0v) is 13.3. The Kier molecular flexibility index (Phi) is 5.01. The maximum absolute atomic E-state index is 12.0. The summed E-state index contributed by atoms with van der Waals surface area (Å²) in [5.41, 5.74) is 3.76. The third kappa shape index (κ3) is 4.10. The molecule has 23 heavy (non-hydrogen) atoms. The minimum Gasteiger partial charge on any atom is -0.507 e. The average molecular weight is 313 g/mol. The van der Waals surface area contributed by atoms with Gasteiger partial charge < -0.3 is 15.2 Å². The molecule has 2 N–H and O–H groups in total. The first-order valence-corrected chi connectivity index (χ1v) is 7.21. The van der Waals surface area contributed by atoms with Gasteiger partial charge in [0.15, 0.2) is 6.61 Å². The molecule has 0 aliphatic rings. The van der Waals surface area contributed by atoms with Gasteiger partial charge in [0.05, 0.1) is 0 Å². The molecule has 2 aromatic carbocycles. The average Bonchev–Trinajstić information content (AvgIpc) is 2.49. The van der Waals surface area contributed by atoms with Crippen molar-refractivity contribution in [2.75, 3.05) is 11.9 Å². The lowest BCUT2D eigenvalue weighted by molar-refractivity contribution is -0.119. The molecule has 2 rings (SSSR count). The molecule has 120 valence electrons. The predicted octanol–water partition coefficient (Wildman–Crippen LogP) is 3.11. The molecule has 2 aromatic rings. The van der Waals surface area contributed by atoms with Gasteiger partial charge in [-0.3, -0.25) is 4.79 Å². The van der Waals surface area contributed by atoms with Gasteiger partial charge in [-0.1, -0.05) is 29.8 Å². The molecule has 0 saturated carbocycles. The Bertz CT molecular complexity index is 729. The lowest BCUT2D eigenvalue weighted by Gasteiger charge is -2.13. The monoisotopic (exact) mass is 313 g/mol. The van der Waals surface area contributed by atoms with E-state index in [2.05, 4.69) is 5.32 Å². The molecule has 0 unspecified atom stereocenters. The van der Waals surface area contributed by atoms with Gasteiger partial charge >= 0.3 is 5.97 Å². The van der Waals surface area contributed by atoms with Crippen molar-refractivity contribution in [2.24, 2.45) is 0 Å². The molecule has 0 fully saturated rings. The summed E-state index contributed by atoms with van der Waals surface area (Å²) in [5.74, 6) is -1.34. The number of anilines is 1. The van der Waals surface area contributed by atoms with Crippen molar-refractivity contribution in [1.82, 2.24) is 0 Å². The molecule has 1 amide bonds. The van der Waals surface area contributed by atoms with Crippen LogP contribution in [0.1, 0.15) is 27.0 Å². The molecule has 0 saturated heterocycles. The first-order valence-electron chi connectivity index (χ1n) is 7.21. The lowest BCUT2D eigenvalue weighted by Crippen LogP contribution is -2.22. The van der Waals surface area contributed by atoms with Crippen LogP contribution in [-0.2, 0) is 9.53 Å². The van der Waals surface area contributed by atoms with Crippen molar-refractivity contribution in [3.05, 3.63) is 58.7 Å². The van der Waals surface area contributed by atoms with Gasteiger partial charge in [0, 0.05) is 5.69 Å². The fraction of sp³-hybridized carbons (Fsp3) is 0.222. The Morgan fingerprint density at radius 1 is 1.09 bits per heavy atom. The number of aromatic hydroxyl groups is 1. The number of nitrogens with one attached hydrogen (secondary N) is 1. The van der Waals surface area contributed by atoms with Crippen LogP contribution in [-0.4, -0.2) is 23.6 Å². The highest BCUT2D eigenvalue weighted by Gasteiger charge is 2.14. The third-order valence-electron chi connectivity index (χ3n) is 3.40. The van der Waals surface area contributed by atoms with Gasteiger partial charge in [0.1, 0.15) is 11.3 Å². The maximum atomic E-state index is 12.0. The zero-order valence-electron chi connectivity index (χ0n) is 13.3. The second kappa shape index (κ2) is 6.96. The molecule has 0 aliphatic heterocycles. The number of esters is 1. The van der Waals surface area contributed by atoms with Gasteiger partial charge in [-0.05, 0) is 44.0 Å². The lowest BCUT2D eigenvalue weighted by atomic mass is 10.1. The van der Waals surface area contributed by atoms with Crippen LogP contribution in [0.4, 0.5) is 5.69 Å². The zero-order chi connectivity index (χ0) is 17.0. The fourth-order valence-electron chi connectivity index (χ4n) is 2.41. The van der Waals surface area contributed by atoms with Gasteiger partial charge in [-0.15, -0.1) is 0 Å². The number of carbonyl (C=O) groups excluding carboxylic acids is 2. The molecule has 0 aromatic heterocycles. The van der Waals surface area contributed by atoms with E-state index in [4.69, 9.17) is 4.74 Å². The van der Waals surface area contributed by atoms with Gasteiger partial charge in [-0.25, -0.2) is 4.79 Å². The van der Waals surface area contributed by atoms with Crippen molar-refractivity contribution in [3.8, 4) is 5.75 Å². The van der Waals surface area contributed by atoms with Crippen LogP contribution in [0, 0.1) is 20.8 Å². The summed E-state index contributed by atoms with van der Waals surface area (Å²) in [4.78, 5) is 23.8. The van der Waals surface area contributed by atoms with Crippen molar-refractivity contribution in [2.45, 2.75) is 20.8 Å². The molecule has 5 heteroatoms. The number of para-hydroxylation sites is 1. The quantitative estimate of drug-likeness (QED) is 0.850. The second-order valence-corrected chi connectivity index (χ2v) is 5.42. The first-order chi connectivity index (χ1) is 10.9. The Hall–Kier alpha value is -2.82. The molecule has 0 spiro atoms. The molecule has 0 heterocycles. The van der Waals surface area contributed by atoms with Crippen LogP contribution in [0.25, 0.3) is 0 Å². The standard InChI is InChI=1S/C18H19NO4/c1-11-8-12(2)17(13(3)9-11)19-16(21)10-23-18(22)14-6-4-5-7-15(14)20/h4-9,20H,10H2,1-3H3,(H,19,21). The van der Waals surface area contributed by atoms with Gasteiger partial charge in [0.2, 0.25) is 0 Å². The predicted molar refractivity (Wildman–Crippen MR) is 87.7 cm³/mol. The molecular formula is C18H19NO4. The van der Waals surface area contributed by atoms with Crippen LogP contribution in [0.15, 0.2) is 36.4 Å². The van der Waals surface area contributed by atoms with Crippen LogP contribution in [0.2, 0.25) is 0 Å². The number of benzene rings is 2. The van der Waals surface area contributed by atoms with Crippen molar-refractivity contribution >= 4 is 17.6 Å². The summed E-state index contributed by atoms with van der Waals surface area (Å²) < 4.78 is 4.94. The maximum Gasteiger partial charge on any atom is 0.342 e. The van der Waals surface area contributed by atoms with Crippen LogP contribution < -0.4 is 5.32 Å². The highest BCUT2D eigenvalue weighted by Crippen LogP contribution is 2.22. The van der Waals surface area contributed by atoms with Crippen molar-refractivity contribution < 1.29 is 19.4 Å². The van der Waals surface area contributed by atoms with E-state index in [9.17, 15) is 14.7 Å². The molecule has 0 radical (unpaired) electrons. The highest BCUT2D eigenvalue weighted by atomic mass is 16.5. The number of rotatable bonds is 4. The molecule has 0 aliphatic carbocycles. The number of hydrogen-bond donors (Lipinski definition) is 2. The minimum absolute atomic E-state index is 0.0306. The van der Waals surface area contributed by atoms with Crippen LogP contribution in [0.5, 0.6) is 5.75 Å². The smallest absolute Gasteiger partial charge is 0.342 e. The number of ether oxygens (including phenoxy) is 1. The Morgan fingerprint density at radius 3 is 2.30 bits per heavy atom. The van der Waals surface area contributed by atoms with Gasteiger partial charge in [0.25, 0.3) is 5.91 Å². The normalized spacial score (nSPS) is 10.2. The molecule has 0 bridgehead atoms. The number of carbonyl (C=O) groups is 2. The molecule has 5 nitrogen and oxygen atoms in total. The van der Waals surface area contributed by atoms with E-state index in [0.717, 1.165) is 22.4 Å². The molecule has 0 atom stereocenters. The van der Waals surface area contributed by atoms with E-state index in [1.54, 1.807) is 12.1 Å². The first kappa shape index (κ1) is 16.5. The third-order valence-corrected chi connectivity index (χ3v) is 3.40. The molecular weight excluding hydrogens is 294 g/mol. The SMILES string of the molecule is Cc1cc(C)c(NC(=O)COC(=O)c2ccccc2O)c(C)c1. The summed E-state index contributed by atoms with van der Waals surface area (Å²) in [5, 5.41) is 12.3. The number of phenolic OH excluding ortho intramolecular Hbond substituents is 1. The topological polar surface area (TPSA) is 75.6 Å². The number of aryl methyl sites for hydroxylation is 3. The second-order valence-electron chi connectivity index (χ2n) is 5.42. The van der Waals surface area contributed by atoms with Crippen LogP contribution >= 0.6 is 0 Å².